The average Bonchev–Trinajstić information content (AvgIpc) is 3.24. The minimum absolute atomic E-state index is 0.00691. The van der Waals surface area contributed by atoms with Gasteiger partial charge < -0.3 is 20.9 Å². The molecule has 0 radical (unpaired) electrons. The standard InChI is InChI=1S/C17H21ClN4OS/c18-11-4-3-10(12(8-11)13-2-1-6-19-13)9-22-14-5-7-20-15(14)16(23)21-17(22)24/h3-4,8,13-15,19-20H,1-2,5-7,9H2,(H,21,23,24)/t13-,14?,15?/m1/s1. The van der Waals surface area contributed by atoms with Crippen LogP contribution in [0.15, 0.2) is 18.2 Å². The van der Waals surface area contributed by atoms with Crippen LogP contribution >= 0.6 is 23.8 Å². The Balaban J connectivity index is 1.62. The van der Waals surface area contributed by atoms with Crippen molar-refractivity contribution in [2.45, 2.75) is 43.9 Å². The molecule has 0 spiro atoms. The Morgan fingerprint density at radius 1 is 1.25 bits per heavy atom. The molecule has 3 N–H and O–H groups in total. The van der Waals surface area contributed by atoms with Crippen molar-refractivity contribution in [1.82, 2.24) is 20.9 Å². The number of hydrogen-bond acceptors (Lipinski definition) is 4. The largest absolute Gasteiger partial charge is 0.339 e. The van der Waals surface area contributed by atoms with Gasteiger partial charge >= 0.3 is 0 Å². The van der Waals surface area contributed by atoms with E-state index < -0.39 is 0 Å². The summed E-state index contributed by atoms with van der Waals surface area (Å²) in [5.41, 5.74) is 2.48. The van der Waals surface area contributed by atoms with Crippen LogP contribution in [0, 0.1) is 0 Å². The highest BCUT2D eigenvalue weighted by Crippen LogP contribution is 2.31. The van der Waals surface area contributed by atoms with E-state index in [2.05, 4.69) is 33.0 Å². The van der Waals surface area contributed by atoms with Gasteiger partial charge in [0.1, 0.15) is 6.04 Å². The van der Waals surface area contributed by atoms with E-state index in [1.807, 2.05) is 6.07 Å². The fourth-order valence-corrected chi connectivity index (χ4v) is 4.54. The minimum atomic E-state index is -0.169. The second kappa shape index (κ2) is 6.59. The van der Waals surface area contributed by atoms with Gasteiger partial charge in [-0.05, 0) is 67.8 Å². The Morgan fingerprint density at radius 2 is 2.12 bits per heavy atom. The summed E-state index contributed by atoms with van der Waals surface area (Å²) in [6.07, 6.45) is 3.24. The quantitative estimate of drug-likeness (QED) is 0.713. The molecular weight excluding hydrogens is 344 g/mol. The van der Waals surface area contributed by atoms with E-state index in [1.54, 1.807) is 0 Å². The third kappa shape index (κ3) is 2.92. The van der Waals surface area contributed by atoms with E-state index in [0.29, 0.717) is 17.7 Å². The van der Waals surface area contributed by atoms with Crippen molar-refractivity contribution in [3.63, 3.8) is 0 Å². The maximum Gasteiger partial charge on any atom is 0.245 e. The van der Waals surface area contributed by atoms with Gasteiger partial charge in [0, 0.05) is 17.6 Å². The van der Waals surface area contributed by atoms with E-state index in [9.17, 15) is 4.79 Å². The van der Waals surface area contributed by atoms with Crippen LogP contribution in [0.25, 0.3) is 0 Å². The highest BCUT2D eigenvalue weighted by atomic mass is 35.5. The lowest BCUT2D eigenvalue weighted by atomic mass is 9.97. The van der Waals surface area contributed by atoms with Crippen LogP contribution < -0.4 is 16.0 Å². The van der Waals surface area contributed by atoms with Gasteiger partial charge in [0.2, 0.25) is 5.91 Å². The first kappa shape index (κ1) is 16.3. The first-order chi connectivity index (χ1) is 11.6. The van der Waals surface area contributed by atoms with Crippen LogP contribution in [0.2, 0.25) is 5.02 Å². The molecule has 0 saturated carbocycles. The number of hydrogen-bond donors (Lipinski definition) is 3. The highest BCUT2D eigenvalue weighted by Gasteiger charge is 2.42. The summed E-state index contributed by atoms with van der Waals surface area (Å²) < 4.78 is 0. The zero-order chi connectivity index (χ0) is 16.7. The normalized spacial score (nSPS) is 29.7. The molecule has 3 saturated heterocycles. The monoisotopic (exact) mass is 364 g/mol. The summed E-state index contributed by atoms with van der Waals surface area (Å²) in [4.78, 5) is 14.2. The van der Waals surface area contributed by atoms with E-state index >= 15 is 0 Å². The van der Waals surface area contributed by atoms with Crippen molar-refractivity contribution in [3.05, 3.63) is 34.3 Å². The van der Waals surface area contributed by atoms with Crippen LogP contribution in [0.5, 0.6) is 0 Å². The first-order valence-corrected chi connectivity index (χ1v) is 9.28. The summed E-state index contributed by atoms with van der Waals surface area (Å²) in [7, 11) is 0. The molecule has 3 aliphatic rings. The van der Waals surface area contributed by atoms with Gasteiger partial charge in [0.25, 0.3) is 0 Å². The molecule has 7 heteroatoms. The fraction of sp³-hybridized carbons (Fsp3) is 0.529. The number of rotatable bonds is 3. The van der Waals surface area contributed by atoms with Gasteiger partial charge in [-0.3, -0.25) is 4.79 Å². The van der Waals surface area contributed by atoms with Crippen LogP contribution in [-0.4, -0.2) is 41.1 Å². The van der Waals surface area contributed by atoms with Crippen LogP contribution in [0.3, 0.4) is 0 Å². The van der Waals surface area contributed by atoms with Gasteiger partial charge in [-0.15, -0.1) is 0 Å². The smallest absolute Gasteiger partial charge is 0.245 e. The molecule has 1 amide bonds. The lowest BCUT2D eigenvalue weighted by Crippen LogP contribution is -2.63. The molecule has 1 aromatic carbocycles. The molecule has 0 aromatic heterocycles. The number of fused-ring (bicyclic) bond motifs is 1. The molecule has 2 unspecified atom stereocenters. The predicted octanol–water partition coefficient (Wildman–Crippen LogP) is 1.71. The summed E-state index contributed by atoms with van der Waals surface area (Å²) in [5.74, 6) is -0.00691. The number of benzene rings is 1. The number of carbonyl (C=O) groups is 1. The SMILES string of the molecule is O=C1NC(=S)N(Cc2ccc(Cl)cc2[C@H]2CCCN2)C2CCNC12. The number of carbonyl (C=O) groups excluding carboxylic acids is 1. The van der Waals surface area contributed by atoms with Crippen molar-refractivity contribution in [3.8, 4) is 0 Å². The molecule has 3 fully saturated rings. The molecule has 3 atom stereocenters. The van der Waals surface area contributed by atoms with Crippen molar-refractivity contribution in [2.75, 3.05) is 13.1 Å². The van der Waals surface area contributed by atoms with Gasteiger partial charge in [0.15, 0.2) is 5.11 Å². The topological polar surface area (TPSA) is 56.4 Å². The molecule has 24 heavy (non-hydrogen) atoms. The summed E-state index contributed by atoms with van der Waals surface area (Å²) in [5, 5.41) is 11.0. The van der Waals surface area contributed by atoms with Crippen LogP contribution in [0.4, 0.5) is 0 Å². The summed E-state index contributed by atoms with van der Waals surface area (Å²) >= 11 is 11.7. The third-order valence-electron chi connectivity index (χ3n) is 5.25. The highest BCUT2D eigenvalue weighted by molar-refractivity contribution is 7.80. The maximum absolute atomic E-state index is 12.1. The Hall–Kier alpha value is -1.21. The van der Waals surface area contributed by atoms with E-state index in [-0.39, 0.29) is 18.0 Å². The third-order valence-corrected chi connectivity index (χ3v) is 5.82. The van der Waals surface area contributed by atoms with Crippen LogP contribution in [-0.2, 0) is 11.3 Å². The molecule has 1 aromatic rings. The molecule has 3 heterocycles. The molecular formula is C17H21ClN4OS. The predicted molar refractivity (Wildman–Crippen MR) is 97.9 cm³/mol. The molecule has 0 bridgehead atoms. The lowest BCUT2D eigenvalue weighted by molar-refractivity contribution is -0.123. The van der Waals surface area contributed by atoms with Crippen molar-refractivity contribution >= 4 is 34.8 Å². The second-order valence-corrected chi connectivity index (χ2v) is 7.53. The average molecular weight is 365 g/mol. The maximum atomic E-state index is 12.1. The minimum Gasteiger partial charge on any atom is -0.339 e. The van der Waals surface area contributed by atoms with Gasteiger partial charge in [-0.2, -0.15) is 0 Å². The molecule has 3 aliphatic heterocycles. The van der Waals surface area contributed by atoms with Gasteiger partial charge in [0.05, 0.1) is 6.04 Å². The number of nitrogens with one attached hydrogen (secondary N) is 3. The van der Waals surface area contributed by atoms with E-state index in [1.165, 1.54) is 17.5 Å². The van der Waals surface area contributed by atoms with Crippen molar-refractivity contribution in [1.29, 1.82) is 0 Å². The molecule has 0 aliphatic carbocycles. The van der Waals surface area contributed by atoms with Gasteiger partial charge in [-0.1, -0.05) is 17.7 Å². The molecule has 4 rings (SSSR count). The zero-order valence-electron chi connectivity index (χ0n) is 13.3. The van der Waals surface area contributed by atoms with E-state index in [0.717, 1.165) is 31.0 Å². The Bertz CT molecular complexity index is 677. The Morgan fingerprint density at radius 3 is 2.92 bits per heavy atom. The zero-order valence-corrected chi connectivity index (χ0v) is 14.9. The summed E-state index contributed by atoms with van der Waals surface area (Å²) in [6.45, 7) is 2.59. The van der Waals surface area contributed by atoms with Gasteiger partial charge in [-0.25, -0.2) is 0 Å². The number of nitrogens with zero attached hydrogens (tertiary/aromatic N) is 1. The van der Waals surface area contributed by atoms with Crippen molar-refractivity contribution < 1.29 is 4.79 Å². The van der Waals surface area contributed by atoms with E-state index in [4.69, 9.17) is 23.8 Å². The number of amides is 1. The molecule has 5 nitrogen and oxygen atoms in total. The van der Waals surface area contributed by atoms with Crippen LogP contribution in [0.1, 0.15) is 36.4 Å². The second-order valence-electron chi connectivity index (χ2n) is 6.70. The molecule has 128 valence electrons. The first-order valence-electron chi connectivity index (χ1n) is 8.50. The number of halogens is 1. The Kier molecular flexibility index (Phi) is 4.47. The fourth-order valence-electron chi connectivity index (χ4n) is 4.05. The number of thiocarbonyl (C=S) groups is 1. The Labute approximate surface area is 152 Å². The van der Waals surface area contributed by atoms with Crippen molar-refractivity contribution in [2.24, 2.45) is 0 Å². The summed E-state index contributed by atoms with van der Waals surface area (Å²) in [6, 6.07) is 6.41. The lowest BCUT2D eigenvalue weighted by Gasteiger charge is -2.39.